The highest BCUT2D eigenvalue weighted by atomic mass is 35.5. The zero-order valence-electron chi connectivity index (χ0n) is 11.6. The van der Waals surface area contributed by atoms with Crippen molar-refractivity contribution in [3.8, 4) is 5.75 Å². The van der Waals surface area contributed by atoms with Gasteiger partial charge in [0.1, 0.15) is 12.4 Å². The number of ether oxygens (including phenoxy) is 1. The molecular weight excluding hydrogens is 296 g/mol. The Morgan fingerprint density at radius 2 is 1.95 bits per heavy atom. The summed E-state index contributed by atoms with van der Waals surface area (Å²) in [7, 11) is 0. The monoisotopic (exact) mass is 311 g/mol. The predicted octanol–water partition coefficient (Wildman–Crippen LogP) is 4.09. The maximum atomic E-state index is 13.9. The van der Waals surface area contributed by atoms with E-state index in [-0.39, 0.29) is 23.4 Å². The van der Waals surface area contributed by atoms with Gasteiger partial charge in [0.2, 0.25) is 0 Å². The number of benzene rings is 2. The lowest BCUT2D eigenvalue weighted by atomic mass is 10.1. The van der Waals surface area contributed by atoms with Crippen LogP contribution in [0, 0.1) is 11.6 Å². The quantitative estimate of drug-likeness (QED) is 0.902. The average Bonchev–Trinajstić information content (AvgIpc) is 2.39. The van der Waals surface area contributed by atoms with Crippen LogP contribution in [0.5, 0.6) is 5.75 Å². The number of rotatable bonds is 5. The summed E-state index contributed by atoms with van der Waals surface area (Å²) in [5.41, 5.74) is 7.04. The molecular formula is C16H16ClF2NO. The van der Waals surface area contributed by atoms with Crippen molar-refractivity contribution in [2.75, 3.05) is 0 Å². The van der Waals surface area contributed by atoms with Gasteiger partial charge in [0, 0.05) is 11.6 Å². The predicted molar refractivity (Wildman–Crippen MR) is 79.5 cm³/mol. The van der Waals surface area contributed by atoms with Crippen LogP contribution in [0.2, 0.25) is 5.02 Å². The Bertz CT molecular complexity index is 632. The van der Waals surface area contributed by atoms with Crippen LogP contribution in [-0.4, -0.2) is 6.04 Å². The molecule has 0 aromatic heterocycles. The number of halogens is 3. The highest BCUT2D eigenvalue weighted by Crippen LogP contribution is 2.26. The van der Waals surface area contributed by atoms with E-state index in [4.69, 9.17) is 22.1 Å². The summed E-state index contributed by atoms with van der Waals surface area (Å²) in [4.78, 5) is 0. The van der Waals surface area contributed by atoms with Gasteiger partial charge in [0.15, 0.2) is 11.6 Å². The maximum absolute atomic E-state index is 13.9. The Hall–Kier alpha value is -1.65. The summed E-state index contributed by atoms with van der Waals surface area (Å²) in [6.45, 7) is 1.90. The zero-order valence-corrected chi connectivity index (χ0v) is 12.3. The molecule has 0 saturated carbocycles. The molecule has 0 saturated heterocycles. The SMILES string of the molecule is CC(N)Cc1cccc(F)c1OCc1ccc(F)cc1Cl. The number of para-hydroxylation sites is 1. The molecule has 1 atom stereocenters. The molecule has 0 heterocycles. The molecule has 5 heteroatoms. The standard InChI is InChI=1S/C16H16ClF2NO/c1-10(20)7-11-3-2-4-15(19)16(11)21-9-12-5-6-13(18)8-14(12)17/h2-6,8,10H,7,9,20H2,1H3. The van der Waals surface area contributed by atoms with Crippen LogP contribution in [-0.2, 0) is 13.0 Å². The Kier molecular flexibility index (Phi) is 5.15. The molecule has 0 aliphatic carbocycles. The van der Waals surface area contributed by atoms with E-state index in [1.54, 1.807) is 12.1 Å². The smallest absolute Gasteiger partial charge is 0.165 e. The van der Waals surface area contributed by atoms with E-state index in [2.05, 4.69) is 0 Å². The molecule has 1 unspecified atom stereocenters. The van der Waals surface area contributed by atoms with Gasteiger partial charge in [0.25, 0.3) is 0 Å². The first-order valence-corrected chi connectivity index (χ1v) is 6.95. The number of hydrogen-bond donors (Lipinski definition) is 1. The first-order chi connectivity index (χ1) is 9.97. The van der Waals surface area contributed by atoms with Crippen LogP contribution in [0.4, 0.5) is 8.78 Å². The van der Waals surface area contributed by atoms with Crippen molar-refractivity contribution in [2.45, 2.75) is 26.0 Å². The van der Waals surface area contributed by atoms with Crippen molar-refractivity contribution in [1.82, 2.24) is 0 Å². The molecule has 112 valence electrons. The molecule has 2 N–H and O–H groups in total. The minimum atomic E-state index is -0.452. The number of nitrogens with two attached hydrogens (primary N) is 1. The molecule has 21 heavy (non-hydrogen) atoms. The summed E-state index contributed by atoms with van der Waals surface area (Å²) >= 11 is 5.93. The van der Waals surface area contributed by atoms with Gasteiger partial charge in [-0.15, -0.1) is 0 Å². The van der Waals surface area contributed by atoms with E-state index in [0.717, 1.165) is 0 Å². The van der Waals surface area contributed by atoms with Crippen molar-refractivity contribution in [3.63, 3.8) is 0 Å². The van der Waals surface area contributed by atoms with Crippen molar-refractivity contribution in [1.29, 1.82) is 0 Å². The molecule has 0 spiro atoms. The van der Waals surface area contributed by atoms with Crippen LogP contribution in [0.15, 0.2) is 36.4 Å². The van der Waals surface area contributed by atoms with E-state index < -0.39 is 11.6 Å². The summed E-state index contributed by atoms with van der Waals surface area (Å²) in [5, 5.41) is 0.250. The summed E-state index contributed by atoms with van der Waals surface area (Å²) in [6.07, 6.45) is 0.504. The molecule has 0 aliphatic rings. The summed E-state index contributed by atoms with van der Waals surface area (Å²) in [6, 6.07) is 8.61. The van der Waals surface area contributed by atoms with E-state index in [0.29, 0.717) is 17.5 Å². The molecule has 0 radical (unpaired) electrons. The van der Waals surface area contributed by atoms with Crippen molar-refractivity contribution in [2.24, 2.45) is 5.73 Å². The van der Waals surface area contributed by atoms with Gasteiger partial charge in [-0.3, -0.25) is 0 Å². The molecule has 2 rings (SSSR count). The van der Waals surface area contributed by atoms with E-state index >= 15 is 0 Å². The van der Waals surface area contributed by atoms with Crippen LogP contribution < -0.4 is 10.5 Å². The fourth-order valence-corrected chi connectivity index (χ4v) is 2.23. The van der Waals surface area contributed by atoms with Crippen molar-refractivity contribution in [3.05, 3.63) is 64.2 Å². The largest absolute Gasteiger partial charge is 0.485 e. The van der Waals surface area contributed by atoms with Crippen molar-refractivity contribution >= 4 is 11.6 Å². The third-order valence-electron chi connectivity index (χ3n) is 2.98. The fourth-order valence-electron chi connectivity index (χ4n) is 2.01. The Labute approximate surface area is 127 Å². The highest BCUT2D eigenvalue weighted by Gasteiger charge is 2.12. The van der Waals surface area contributed by atoms with Gasteiger partial charge in [-0.2, -0.15) is 0 Å². The van der Waals surface area contributed by atoms with Gasteiger partial charge in [-0.1, -0.05) is 29.8 Å². The van der Waals surface area contributed by atoms with Crippen LogP contribution >= 0.6 is 11.6 Å². The third kappa shape index (κ3) is 4.16. The number of hydrogen-bond acceptors (Lipinski definition) is 2. The second-order valence-electron chi connectivity index (χ2n) is 4.93. The molecule has 0 amide bonds. The van der Waals surface area contributed by atoms with Crippen LogP contribution in [0.1, 0.15) is 18.1 Å². The third-order valence-corrected chi connectivity index (χ3v) is 3.33. The highest BCUT2D eigenvalue weighted by molar-refractivity contribution is 6.31. The lowest BCUT2D eigenvalue weighted by Gasteiger charge is -2.14. The molecule has 2 aromatic rings. The second kappa shape index (κ2) is 6.87. The normalized spacial score (nSPS) is 12.2. The molecule has 2 nitrogen and oxygen atoms in total. The lowest BCUT2D eigenvalue weighted by molar-refractivity contribution is 0.286. The Balaban J connectivity index is 2.19. The van der Waals surface area contributed by atoms with E-state index in [1.165, 1.54) is 24.3 Å². The molecule has 2 aromatic carbocycles. The van der Waals surface area contributed by atoms with Gasteiger partial charge in [-0.05, 0) is 37.1 Å². The molecule has 0 aliphatic heterocycles. The molecule has 0 fully saturated rings. The molecule has 0 bridgehead atoms. The van der Waals surface area contributed by atoms with Crippen LogP contribution in [0.3, 0.4) is 0 Å². The second-order valence-corrected chi connectivity index (χ2v) is 5.34. The van der Waals surface area contributed by atoms with Gasteiger partial charge < -0.3 is 10.5 Å². The average molecular weight is 312 g/mol. The minimum absolute atomic E-state index is 0.0615. The lowest BCUT2D eigenvalue weighted by Crippen LogP contribution is -2.18. The Morgan fingerprint density at radius 3 is 2.62 bits per heavy atom. The van der Waals surface area contributed by atoms with E-state index in [1.807, 2.05) is 6.92 Å². The van der Waals surface area contributed by atoms with Gasteiger partial charge in [-0.25, -0.2) is 8.78 Å². The zero-order chi connectivity index (χ0) is 15.4. The topological polar surface area (TPSA) is 35.2 Å². The first kappa shape index (κ1) is 15.7. The van der Waals surface area contributed by atoms with Crippen LogP contribution in [0.25, 0.3) is 0 Å². The maximum Gasteiger partial charge on any atom is 0.165 e. The van der Waals surface area contributed by atoms with Gasteiger partial charge in [0.05, 0.1) is 5.02 Å². The van der Waals surface area contributed by atoms with E-state index in [9.17, 15) is 8.78 Å². The Morgan fingerprint density at radius 1 is 1.19 bits per heavy atom. The summed E-state index contributed by atoms with van der Waals surface area (Å²) in [5.74, 6) is -0.714. The van der Waals surface area contributed by atoms with Crippen molar-refractivity contribution < 1.29 is 13.5 Å². The first-order valence-electron chi connectivity index (χ1n) is 6.57. The van der Waals surface area contributed by atoms with Gasteiger partial charge >= 0.3 is 0 Å². The fraction of sp³-hybridized carbons (Fsp3) is 0.250. The summed E-state index contributed by atoms with van der Waals surface area (Å²) < 4.78 is 32.4. The minimum Gasteiger partial charge on any atom is -0.485 e.